The third-order valence-corrected chi connectivity index (χ3v) is 14.0. The highest BCUT2D eigenvalue weighted by Crippen LogP contribution is 2.47. The molecule has 324 valence electrons. The van der Waals surface area contributed by atoms with Gasteiger partial charge in [0.2, 0.25) is 11.8 Å². The molecule has 2 fully saturated rings. The molecule has 9 rings (SSSR count). The number of hydrogen-bond acceptors (Lipinski definition) is 7. The number of piperidine rings is 1. The third-order valence-electron chi connectivity index (χ3n) is 14.0. The molecule has 62 heavy (non-hydrogen) atoms. The Morgan fingerprint density at radius 2 is 1.63 bits per heavy atom. The first-order chi connectivity index (χ1) is 30.0. The third kappa shape index (κ3) is 8.71. The van der Waals surface area contributed by atoms with Gasteiger partial charge in [-0.3, -0.25) is 19.3 Å². The Morgan fingerprint density at radius 3 is 2.40 bits per heavy atom. The zero-order valence-electron chi connectivity index (χ0n) is 36.4. The summed E-state index contributed by atoms with van der Waals surface area (Å²) >= 11 is 0. The van der Waals surface area contributed by atoms with E-state index in [0.29, 0.717) is 62.0 Å². The summed E-state index contributed by atoms with van der Waals surface area (Å²) in [5, 5.41) is 13.1. The van der Waals surface area contributed by atoms with Gasteiger partial charge in [0.05, 0.1) is 19.7 Å². The van der Waals surface area contributed by atoms with Crippen molar-refractivity contribution in [3.8, 4) is 11.5 Å². The van der Waals surface area contributed by atoms with Crippen molar-refractivity contribution < 1.29 is 24.2 Å². The molecule has 4 aromatic carbocycles. The van der Waals surface area contributed by atoms with Crippen LogP contribution in [0.2, 0.25) is 0 Å². The van der Waals surface area contributed by atoms with Gasteiger partial charge in [-0.15, -0.1) is 0 Å². The molecule has 2 N–H and O–H groups in total. The molecular weight excluding hydrogens is 775 g/mol. The van der Waals surface area contributed by atoms with Gasteiger partial charge in [0.1, 0.15) is 17.5 Å². The van der Waals surface area contributed by atoms with Crippen molar-refractivity contribution in [2.24, 2.45) is 5.41 Å². The quantitative estimate of drug-likeness (QED) is 0.205. The van der Waals surface area contributed by atoms with Crippen molar-refractivity contribution in [2.75, 3.05) is 57.3 Å². The number of hydrogen-bond donors (Lipinski definition) is 2. The first-order valence-corrected chi connectivity index (χ1v) is 22.8. The van der Waals surface area contributed by atoms with E-state index in [1.54, 1.807) is 4.90 Å². The standard InChI is InChI=1S/C52H61N5O5/c1-35-13-24-46(50(60)53-35)57-31-45-44(51(57)61)22-16-38-12-8-5-9-25-56(33-52(2,3)34-62-49(38)45)47(59)32-54-26-28-55(29-27-54)40-18-14-37(15-19-40)48-42(36-10-6-4-7-11-36)21-17-39-30-41(58)20-23-43(39)48/h4,6-7,10-11,14-16,18-20,22-23,30,42,46,48,58H,1,5,8-9,12-13,17,21,24-29,31-34H2,2-3H3,(H,53,60). The first-order valence-electron chi connectivity index (χ1n) is 22.8. The summed E-state index contributed by atoms with van der Waals surface area (Å²) in [7, 11) is 0. The predicted molar refractivity (Wildman–Crippen MR) is 243 cm³/mol. The fourth-order valence-corrected chi connectivity index (χ4v) is 10.7. The summed E-state index contributed by atoms with van der Waals surface area (Å²) in [6.07, 6.45) is 6.92. The van der Waals surface area contributed by atoms with E-state index in [-0.39, 0.29) is 29.1 Å². The SMILES string of the molecule is C=C1CCC(N2Cc3c(ccc4c3OCC(C)(C)CN(C(=O)CN3CCN(c5ccc(C6c7ccc(O)cc7CCC6c6ccccc6)cc5)CC3)CCCCC4)C2=O)C(=O)N1. The monoisotopic (exact) mass is 835 g/mol. The second kappa shape index (κ2) is 17.6. The molecule has 4 heterocycles. The molecule has 2 saturated heterocycles. The lowest BCUT2D eigenvalue weighted by molar-refractivity contribution is -0.134. The molecule has 3 atom stereocenters. The topological polar surface area (TPSA) is 106 Å². The fraction of sp³-hybridized carbons (Fsp3) is 0.442. The lowest BCUT2D eigenvalue weighted by Crippen LogP contribution is -2.51. The van der Waals surface area contributed by atoms with E-state index in [1.807, 2.05) is 24.3 Å². The van der Waals surface area contributed by atoms with Crippen molar-refractivity contribution >= 4 is 23.4 Å². The number of piperazine rings is 1. The molecule has 0 radical (unpaired) electrons. The van der Waals surface area contributed by atoms with Gasteiger partial charge in [-0.25, -0.2) is 0 Å². The Hall–Kier alpha value is -5.61. The minimum Gasteiger partial charge on any atom is -0.508 e. The number of amides is 3. The number of rotatable bonds is 6. The molecule has 3 unspecified atom stereocenters. The lowest BCUT2D eigenvalue weighted by Gasteiger charge is -2.38. The molecule has 10 heteroatoms. The normalized spacial score (nSPS) is 23.3. The van der Waals surface area contributed by atoms with Crippen LogP contribution in [-0.2, 0) is 29.0 Å². The number of nitrogens with zero attached hydrogens (tertiary/aromatic N) is 4. The number of aromatic hydroxyl groups is 1. The molecule has 3 amide bonds. The van der Waals surface area contributed by atoms with Crippen LogP contribution >= 0.6 is 0 Å². The summed E-state index contributed by atoms with van der Waals surface area (Å²) < 4.78 is 6.71. The van der Waals surface area contributed by atoms with Gasteiger partial charge in [0.15, 0.2) is 0 Å². The maximum Gasteiger partial charge on any atom is 0.255 e. The lowest BCUT2D eigenvalue weighted by atomic mass is 9.69. The van der Waals surface area contributed by atoms with E-state index >= 15 is 0 Å². The Kier molecular flexibility index (Phi) is 11.9. The van der Waals surface area contributed by atoms with Gasteiger partial charge in [0, 0.05) is 73.1 Å². The number of anilines is 1. The minimum atomic E-state index is -0.523. The van der Waals surface area contributed by atoms with E-state index < -0.39 is 6.04 Å². The van der Waals surface area contributed by atoms with Crippen molar-refractivity contribution in [2.45, 2.75) is 89.6 Å². The zero-order valence-corrected chi connectivity index (χ0v) is 36.4. The number of carbonyl (C=O) groups is 3. The first kappa shape index (κ1) is 41.7. The van der Waals surface area contributed by atoms with Crippen LogP contribution in [0.3, 0.4) is 0 Å². The Balaban J connectivity index is 0.823. The maximum absolute atomic E-state index is 14.1. The minimum absolute atomic E-state index is 0.124. The van der Waals surface area contributed by atoms with E-state index in [4.69, 9.17) is 4.74 Å². The molecule has 4 aromatic rings. The van der Waals surface area contributed by atoms with Crippen molar-refractivity contribution in [1.29, 1.82) is 0 Å². The predicted octanol–water partition coefficient (Wildman–Crippen LogP) is 7.78. The molecule has 0 bridgehead atoms. The molecule has 4 aliphatic heterocycles. The Morgan fingerprint density at radius 1 is 0.839 bits per heavy atom. The summed E-state index contributed by atoms with van der Waals surface area (Å²) in [4.78, 5) is 49.1. The van der Waals surface area contributed by atoms with Crippen LogP contribution in [0.1, 0.15) is 108 Å². The van der Waals surface area contributed by atoms with Crippen LogP contribution in [0.25, 0.3) is 0 Å². The van der Waals surface area contributed by atoms with Gasteiger partial charge in [0.25, 0.3) is 5.91 Å². The number of allylic oxidation sites excluding steroid dienone is 1. The second-order valence-electron chi connectivity index (χ2n) is 19.0. The van der Waals surface area contributed by atoms with Crippen molar-refractivity contribution in [3.63, 3.8) is 0 Å². The van der Waals surface area contributed by atoms with E-state index in [1.165, 1.54) is 27.9 Å². The number of fused-ring (bicyclic) bond motifs is 4. The van der Waals surface area contributed by atoms with Crippen LogP contribution in [0, 0.1) is 5.41 Å². The van der Waals surface area contributed by atoms with Crippen LogP contribution in [0.15, 0.2) is 97.2 Å². The van der Waals surface area contributed by atoms with E-state index in [0.717, 1.165) is 88.1 Å². The highest BCUT2D eigenvalue weighted by Gasteiger charge is 2.40. The second-order valence-corrected chi connectivity index (χ2v) is 19.0. The zero-order chi connectivity index (χ0) is 43.0. The number of phenolic OH excluding ortho intramolecular Hbond substituents is 1. The van der Waals surface area contributed by atoms with Crippen molar-refractivity contribution in [1.82, 2.24) is 20.0 Å². The Bertz CT molecular complexity index is 2320. The summed E-state index contributed by atoms with van der Waals surface area (Å²) in [6, 6.07) is 29.3. The van der Waals surface area contributed by atoms with Crippen LogP contribution in [0.4, 0.5) is 5.69 Å². The number of aryl methyl sites for hydroxylation is 2. The van der Waals surface area contributed by atoms with Crippen LogP contribution in [-0.4, -0.2) is 96.0 Å². The maximum atomic E-state index is 14.1. The highest BCUT2D eigenvalue weighted by molar-refractivity contribution is 6.02. The van der Waals surface area contributed by atoms with Crippen LogP contribution < -0.4 is 15.0 Å². The molecule has 5 aliphatic rings. The fourth-order valence-electron chi connectivity index (χ4n) is 10.7. The van der Waals surface area contributed by atoms with E-state index in [2.05, 4.69) is 101 Å². The molecule has 0 spiro atoms. The average Bonchev–Trinajstić information content (AvgIpc) is 3.60. The molecule has 0 aromatic heterocycles. The highest BCUT2D eigenvalue weighted by atomic mass is 16.5. The molecule has 1 aliphatic carbocycles. The summed E-state index contributed by atoms with van der Waals surface area (Å²) in [5.41, 5.74) is 9.35. The van der Waals surface area contributed by atoms with Crippen LogP contribution in [0.5, 0.6) is 11.5 Å². The number of phenols is 1. The summed E-state index contributed by atoms with van der Waals surface area (Å²) in [5.74, 6) is 1.55. The van der Waals surface area contributed by atoms with Gasteiger partial charge in [-0.05, 0) is 109 Å². The van der Waals surface area contributed by atoms with Gasteiger partial charge in [-0.2, -0.15) is 0 Å². The van der Waals surface area contributed by atoms with Gasteiger partial charge in [-0.1, -0.05) is 81.4 Å². The van der Waals surface area contributed by atoms with Gasteiger partial charge < -0.3 is 29.9 Å². The number of nitrogens with one attached hydrogen (secondary N) is 1. The molecule has 0 saturated carbocycles. The Labute approximate surface area is 366 Å². The molecular formula is C52H61N5O5. The number of carbonyl (C=O) groups excluding carboxylic acids is 3. The molecule has 10 nitrogen and oxygen atoms in total. The van der Waals surface area contributed by atoms with Gasteiger partial charge >= 0.3 is 0 Å². The van der Waals surface area contributed by atoms with Crippen molar-refractivity contribution in [3.05, 3.63) is 136 Å². The smallest absolute Gasteiger partial charge is 0.255 e. The average molecular weight is 836 g/mol. The number of benzene rings is 4. The summed E-state index contributed by atoms with van der Waals surface area (Å²) in [6.45, 7) is 14.0. The largest absolute Gasteiger partial charge is 0.508 e. The van der Waals surface area contributed by atoms with E-state index in [9.17, 15) is 19.5 Å². The number of ether oxygens (including phenoxy) is 1.